The summed E-state index contributed by atoms with van der Waals surface area (Å²) >= 11 is 7.45. The van der Waals surface area contributed by atoms with Crippen molar-refractivity contribution in [1.29, 1.82) is 0 Å². The molecular formula is C15H12ClFN4OS. The Kier molecular flexibility index (Phi) is 4.78. The quantitative estimate of drug-likeness (QED) is 0.656. The van der Waals surface area contributed by atoms with E-state index in [0.717, 1.165) is 17.0 Å². The third kappa shape index (κ3) is 3.62. The third-order valence-electron chi connectivity index (χ3n) is 3.13. The molecule has 0 aliphatic rings. The van der Waals surface area contributed by atoms with Gasteiger partial charge in [-0.2, -0.15) is 4.68 Å². The number of hydrogen-bond acceptors (Lipinski definition) is 5. The van der Waals surface area contributed by atoms with Gasteiger partial charge < -0.3 is 4.74 Å². The lowest BCUT2D eigenvalue weighted by molar-refractivity contribution is 0.414. The van der Waals surface area contributed by atoms with E-state index >= 15 is 0 Å². The summed E-state index contributed by atoms with van der Waals surface area (Å²) in [6.07, 6.45) is 0. The van der Waals surface area contributed by atoms with Crippen molar-refractivity contribution in [2.45, 2.75) is 10.9 Å². The van der Waals surface area contributed by atoms with Crippen LogP contribution in [0, 0.1) is 5.82 Å². The molecule has 0 atom stereocenters. The summed E-state index contributed by atoms with van der Waals surface area (Å²) in [4.78, 5) is 0. The molecule has 0 unspecified atom stereocenters. The average Bonchev–Trinajstić information content (AvgIpc) is 3.02. The smallest absolute Gasteiger partial charge is 0.214 e. The summed E-state index contributed by atoms with van der Waals surface area (Å²) < 4.78 is 19.8. The summed E-state index contributed by atoms with van der Waals surface area (Å²) in [7, 11) is 1.61. The Morgan fingerprint density at radius 2 is 2.00 bits per heavy atom. The first kappa shape index (κ1) is 15.8. The molecule has 0 aliphatic carbocycles. The standard InChI is InChI=1S/C15H12ClFN4OS/c1-22-13-6-4-12(5-7-13)21-15(18-19-20-21)23-9-10-2-3-11(17)8-14(10)16/h2-8H,9H2,1H3. The Balaban J connectivity index is 1.78. The topological polar surface area (TPSA) is 52.8 Å². The van der Waals surface area contributed by atoms with Gasteiger partial charge in [-0.05, 0) is 52.4 Å². The molecular weight excluding hydrogens is 339 g/mol. The first-order valence-electron chi connectivity index (χ1n) is 6.67. The zero-order chi connectivity index (χ0) is 16.2. The highest BCUT2D eigenvalue weighted by molar-refractivity contribution is 7.98. The van der Waals surface area contributed by atoms with Gasteiger partial charge in [-0.1, -0.05) is 29.4 Å². The summed E-state index contributed by atoms with van der Waals surface area (Å²) in [5, 5.41) is 12.7. The van der Waals surface area contributed by atoms with Gasteiger partial charge in [0.1, 0.15) is 11.6 Å². The number of thioether (sulfide) groups is 1. The number of hydrogen-bond donors (Lipinski definition) is 0. The van der Waals surface area contributed by atoms with Gasteiger partial charge in [0.25, 0.3) is 0 Å². The SMILES string of the molecule is COc1ccc(-n2nnnc2SCc2ccc(F)cc2Cl)cc1. The minimum Gasteiger partial charge on any atom is -0.497 e. The van der Waals surface area contributed by atoms with Crippen molar-refractivity contribution < 1.29 is 9.13 Å². The number of aromatic nitrogens is 4. The molecule has 0 N–H and O–H groups in total. The Morgan fingerprint density at radius 1 is 1.22 bits per heavy atom. The predicted octanol–water partition coefficient (Wildman–Crippen LogP) is 3.76. The summed E-state index contributed by atoms with van der Waals surface area (Å²) in [6, 6.07) is 11.7. The van der Waals surface area contributed by atoms with E-state index in [9.17, 15) is 4.39 Å². The maximum absolute atomic E-state index is 13.1. The number of halogens is 2. The Morgan fingerprint density at radius 3 is 2.70 bits per heavy atom. The van der Waals surface area contributed by atoms with E-state index in [1.165, 1.54) is 23.9 Å². The number of benzene rings is 2. The van der Waals surface area contributed by atoms with Gasteiger partial charge in [-0.15, -0.1) is 5.10 Å². The van der Waals surface area contributed by atoms with E-state index in [1.54, 1.807) is 17.9 Å². The molecule has 0 fully saturated rings. The lowest BCUT2D eigenvalue weighted by Crippen LogP contribution is -1.99. The summed E-state index contributed by atoms with van der Waals surface area (Å²) in [5.41, 5.74) is 1.64. The average molecular weight is 351 g/mol. The number of ether oxygens (including phenoxy) is 1. The van der Waals surface area contributed by atoms with Crippen LogP contribution in [0.3, 0.4) is 0 Å². The monoisotopic (exact) mass is 350 g/mol. The van der Waals surface area contributed by atoms with Crippen LogP contribution in [-0.2, 0) is 5.75 Å². The molecule has 2 aromatic carbocycles. The highest BCUT2D eigenvalue weighted by atomic mass is 35.5. The minimum absolute atomic E-state index is 0.355. The molecule has 8 heteroatoms. The van der Waals surface area contributed by atoms with E-state index in [1.807, 2.05) is 24.3 Å². The first-order valence-corrected chi connectivity index (χ1v) is 8.03. The van der Waals surface area contributed by atoms with E-state index in [4.69, 9.17) is 16.3 Å². The van der Waals surface area contributed by atoms with Crippen LogP contribution < -0.4 is 4.74 Å². The van der Waals surface area contributed by atoms with Gasteiger partial charge in [-0.25, -0.2) is 4.39 Å². The van der Waals surface area contributed by atoms with E-state index in [-0.39, 0.29) is 5.82 Å². The molecule has 118 valence electrons. The molecule has 0 amide bonds. The second-order valence-corrected chi connectivity index (χ2v) is 5.95. The van der Waals surface area contributed by atoms with Gasteiger partial charge in [0, 0.05) is 10.8 Å². The second-order valence-electron chi connectivity index (χ2n) is 4.60. The van der Waals surface area contributed by atoms with Crippen molar-refractivity contribution in [3.05, 3.63) is 58.9 Å². The third-order valence-corrected chi connectivity index (χ3v) is 4.45. The normalized spacial score (nSPS) is 10.7. The maximum Gasteiger partial charge on any atom is 0.214 e. The highest BCUT2D eigenvalue weighted by Gasteiger charge is 2.11. The Labute approximate surface area is 141 Å². The van der Waals surface area contributed by atoms with Crippen molar-refractivity contribution in [3.63, 3.8) is 0 Å². The highest BCUT2D eigenvalue weighted by Crippen LogP contribution is 2.27. The van der Waals surface area contributed by atoms with Crippen LogP contribution in [0.1, 0.15) is 5.56 Å². The van der Waals surface area contributed by atoms with Crippen molar-refractivity contribution in [1.82, 2.24) is 20.2 Å². The number of rotatable bonds is 5. The van der Waals surface area contributed by atoms with Crippen molar-refractivity contribution >= 4 is 23.4 Å². The molecule has 5 nitrogen and oxygen atoms in total. The molecule has 0 saturated carbocycles. The fourth-order valence-corrected chi connectivity index (χ4v) is 3.14. The van der Waals surface area contributed by atoms with Crippen LogP contribution in [0.4, 0.5) is 4.39 Å². The summed E-state index contributed by atoms with van der Waals surface area (Å²) in [6.45, 7) is 0. The molecule has 23 heavy (non-hydrogen) atoms. The van der Waals surface area contributed by atoms with Crippen LogP contribution in [0.25, 0.3) is 5.69 Å². The fraction of sp³-hybridized carbons (Fsp3) is 0.133. The zero-order valence-corrected chi connectivity index (χ0v) is 13.7. The zero-order valence-electron chi connectivity index (χ0n) is 12.1. The number of tetrazole rings is 1. The molecule has 0 aliphatic heterocycles. The molecule has 1 aromatic heterocycles. The molecule has 0 saturated heterocycles. The van der Waals surface area contributed by atoms with Crippen LogP contribution >= 0.6 is 23.4 Å². The van der Waals surface area contributed by atoms with Crippen LogP contribution in [0.15, 0.2) is 47.6 Å². The molecule has 0 bridgehead atoms. The lowest BCUT2D eigenvalue weighted by atomic mass is 10.2. The van der Waals surface area contributed by atoms with E-state index in [0.29, 0.717) is 15.9 Å². The number of methoxy groups -OCH3 is 1. The summed E-state index contributed by atoms with van der Waals surface area (Å²) in [5.74, 6) is 0.941. The van der Waals surface area contributed by atoms with Gasteiger partial charge in [0.2, 0.25) is 5.16 Å². The van der Waals surface area contributed by atoms with Crippen LogP contribution in [0.5, 0.6) is 5.75 Å². The molecule has 3 aromatic rings. The Bertz CT molecular complexity index is 809. The largest absolute Gasteiger partial charge is 0.497 e. The predicted molar refractivity (Wildman–Crippen MR) is 86.7 cm³/mol. The van der Waals surface area contributed by atoms with Gasteiger partial charge in [0.15, 0.2) is 0 Å². The van der Waals surface area contributed by atoms with Gasteiger partial charge in [0.05, 0.1) is 12.8 Å². The van der Waals surface area contributed by atoms with Crippen molar-refractivity contribution in [3.8, 4) is 11.4 Å². The lowest BCUT2D eigenvalue weighted by Gasteiger charge is -2.06. The van der Waals surface area contributed by atoms with Gasteiger partial charge in [-0.3, -0.25) is 0 Å². The fourth-order valence-electron chi connectivity index (χ4n) is 1.94. The molecule has 0 spiro atoms. The maximum atomic E-state index is 13.1. The first-order chi connectivity index (χ1) is 11.2. The molecule has 1 heterocycles. The van der Waals surface area contributed by atoms with Crippen molar-refractivity contribution in [2.75, 3.05) is 7.11 Å². The van der Waals surface area contributed by atoms with Gasteiger partial charge >= 0.3 is 0 Å². The molecule has 3 rings (SSSR count). The minimum atomic E-state index is -0.355. The van der Waals surface area contributed by atoms with E-state index < -0.39 is 0 Å². The number of nitrogens with zero attached hydrogens (tertiary/aromatic N) is 4. The van der Waals surface area contributed by atoms with E-state index in [2.05, 4.69) is 15.5 Å². The van der Waals surface area contributed by atoms with Crippen LogP contribution in [0.2, 0.25) is 5.02 Å². The molecule has 0 radical (unpaired) electrons. The Hall–Kier alpha value is -2.12. The van der Waals surface area contributed by atoms with Crippen LogP contribution in [-0.4, -0.2) is 27.3 Å². The second kappa shape index (κ2) is 6.97. The van der Waals surface area contributed by atoms with Crippen molar-refractivity contribution in [2.24, 2.45) is 0 Å².